The summed E-state index contributed by atoms with van der Waals surface area (Å²) in [6.07, 6.45) is -3.09. The molecule has 1 N–H and O–H groups in total. The Hall–Kier alpha value is -3.55. The zero-order valence-electron chi connectivity index (χ0n) is 16.3. The summed E-state index contributed by atoms with van der Waals surface area (Å²) < 4.78 is 41.5. The number of halogens is 3. The number of hydrogen-bond acceptors (Lipinski definition) is 5. The molecule has 0 spiro atoms. The summed E-state index contributed by atoms with van der Waals surface area (Å²) in [6, 6.07) is 5.53. The number of rotatable bonds is 3. The van der Waals surface area contributed by atoms with E-state index >= 15 is 0 Å². The van der Waals surface area contributed by atoms with Crippen LogP contribution in [0, 0.1) is 11.3 Å². The number of nitrogens with zero attached hydrogens (tertiary/aromatic N) is 5. The average molecular weight is 420 g/mol. The Bertz CT molecular complexity index is 1010. The van der Waals surface area contributed by atoms with Crippen LogP contribution in [0.15, 0.2) is 30.5 Å². The van der Waals surface area contributed by atoms with Gasteiger partial charge in [0, 0.05) is 39.1 Å². The largest absolute Gasteiger partial charge is 0.417 e. The fourth-order valence-corrected chi connectivity index (χ4v) is 3.40. The van der Waals surface area contributed by atoms with Crippen LogP contribution in [0.1, 0.15) is 21.6 Å². The van der Waals surface area contributed by atoms with Crippen LogP contribution in [0.4, 0.5) is 18.9 Å². The van der Waals surface area contributed by atoms with Crippen LogP contribution in [0.2, 0.25) is 0 Å². The lowest BCUT2D eigenvalue weighted by Crippen LogP contribution is -2.60. The molecule has 2 amide bonds. The van der Waals surface area contributed by atoms with Crippen molar-refractivity contribution >= 4 is 17.5 Å². The van der Waals surface area contributed by atoms with Gasteiger partial charge in [0.15, 0.2) is 0 Å². The Balaban J connectivity index is 1.92. The first-order valence-corrected chi connectivity index (χ1v) is 9.04. The van der Waals surface area contributed by atoms with E-state index in [4.69, 9.17) is 5.26 Å². The highest BCUT2D eigenvalue weighted by atomic mass is 19.4. The molecule has 1 aliphatic heterocycles. The minimum atomic E-state index is -4.71. The molecule has 1 aromatic heterocycles. The molecule has 3 rings (SSSR count). The summed E-state index contributed by atoms with van der Waals surface area (Å²) >= 11 is 0. The Morgan fingerprint density at radius 3 is 2.57 bits per heavy atom. The fraction of sp³-hybridized carbons (Fsp3) is 0.368. The predicted octanol–water partition coefficient (Wildman–Crippen LogP) is 1.39. The molecule has 1 atom stereocenters. The smallest absolute Gasteiger partial charge is 0.357 e. The maximum Gasteiger partial charge on any atom is 0.417 e. The van der Waals surface area contributed by atoms with Gasteiger partial charge in [-0.1, -0.05) is 0 Å². The van der Waals surface area contributed by atoms with Crippen LogP contribution in [-0.2, 0) is 18.0 Å². The van der Waals surface area contributed by atoms with Crippen LogP contribution in [0.3, 0.4) is 0 Å². The highest BCUT2D eigenvalue weighted by molar-refractivity contribution is 5.94. The Labute approximate surface area is 170 Å². The molecule has 1 aromatic carbocycles. The van der Waals surface area contributed by atoms with Gasteiger partial charge in [-0.3, -0.25) is 14.3 Å². The predicted molar refractivity (Wildman–Crippen MR) is 100 cm³/mol. The van der Waals surface area contributed by atoms with E-state index in [2.05, 4.69) is 10.4 Å². The Morgan fingerprint density at radius 1 is 1.27 bits per heavy atom. The van der Waals surface area contributed by atoms with Gasteiger partial charge >= 0.3 is 6.18 Å². The standard InChI is InChI=1S/C19H19F3N6O2/c1-24-17(29)16-11-27(18(30)15-5-6-26(2)25-15)7-8-28(16)13-4-3-12(10-23)14(9-13)19(20,21)22/h3-6,9,16H,7-8,11H2,1-2H3,(H,24,29). The first kappa shape index (κ1) is 21.2. The molecule has 11 heteroatoms. The van der Waals surface area contributed by atoms with Gasteiger partial charge in [0.25, 0.3) is 5.91 Å². The van der Waals surface area contributed by atoms with Crippen molar-refractivity contribution in [3.05, 3.63) is 47.3 Å². The lowest BCUT2D eigenvalue weighted by Gasteiger charge is -2.41. The van der Waals surface area contributed by atoms with E-state index in [0.717, 1.165) is 12.1 Å². The third-order valence-electron chi connectivity index (χ3n) is 4.91. The summed E-state index contributed by atoms with van der Waals surface area (Å²) in [5, 5.41) is 15.5. The Kier molecular flexibility index (Phi) is 5.69. The monoisotopic (exact) mass is 420 g/mol. The van der Waals surface area contributed by atoms with Crippen LogP contribution < -0.4 is 10.2 Å². The van der Waals surface area contributed by atoms with E-state index in [9.17, 15) is 22.8 Å². The average Bonchev–Trinajstić information content (AvgIpc) is 3.17. The van der Waals surface area contributed by atoms with Crippen molar-refractivity contribution in [2.24, 2.45) is 7.05 Å². The maximum atomic E-state index is 13.4. The second-order valence-corrected chi connectivity index (χ2v) is 6.79. The van der Waals surface area contributed by atoms with Crippen LogP contribution in [-0.4, -0.2) is 59.2 Å². The first-order valence-electron chi connectivity index (χ1n) is 9.04. The van der Waals surface area contributed by atoms with Crippen LogP contribution in [0.5, 0.6) is 0 Å². The van der Waals surface area contributed by atoms with E-state index in [0.29, 0.717) is 0 Å². The molecule has 2 heterocycles. The molecule has 1 saturated heterocycles. The highest BCUT2D eigenvalue weighted by Crippen LogP contribution is 2.35. The van der Waals surface area contributed by atoms with Gasteiger partial charge in [0.1, 0.15) is 11.7 Å². The van der Waals surface area contributed by atoms with Crippen molar-refractivity contribution in [2.75, 3.05) is 31.6 Å². The van der Waals surface area contributed by atoms with Crippen molar-refractivity contribution in [2.45, 2.75) is 12.2 Å². The molecule has 8 nitrogen and oxygen atoms in total. The van der Waals surface area contributed by atoms with Gasteiger partial charge < -0.3 is 15.1 Å². The molecule has 1 aliphatic rings. The number of alkyl halides is 3. The number of benzene rings is 1. The molecule has 0 radical (unpaired) electrons. The zero-order valence-corrected chi connectivity index (χ0v) is 16.3. The molecule has 0 saturated carbocycles. The lowest BCUT2D eigenvalue weighted by molar-refractivity contribution is -0.137. The number of carbonyl (C=O) groups excluding carboxylic acids is 2. The number of nitrogens with one attached hydrogen (secondary N) is 1. The first-order chi connectivity index (χ1) is 14.2. The number of hydrogen-bond donors (Lipinski definition) is 1. The number of piperazine rings is 1. The van der Waals surface area contributed by atoms with E-state index in [1.54, 1.807) is 19.3 Å². The lowest BCUT2D eigenvalue weighted by atomic mass is 10.0. The molecule has 30 heavy (non-hydrogen) atoms. The minimum Gasteiger partial charge on any atom is -0.357 e. The van der Waals surface area contributed by atoms with Crippen molar-refractivity contribution in [1.82, 2.24) is 20.0 Å². The zero-order chi connectivity index (χ0) is 22.1. The van der Waals surface area contributed by atoms with Crippen LogP contribution in [0.25, 0.3) is 0 Å². The number of aryl methyl sites for hydroxylation is 1. The molecule has 158 valence electrons. The minimum absolute atomic E-state index is 0.0174. The van der Waals surface area contributed by atoms with E-state index in [1.165, 1.54) is 33.7 Å². The molecule has 1 fully saturated rings. The normalized spacial score (nSPS) is 16.9. The number of likely N-dealkylation sites (N-methyl/N-ethyl adjacent to an activating group) is 1. The molecular weight excluding hydrogens is 401 g/mol. The van der Waals surface area contributed by atoms with Gasteiger partial charge in [-0.25, -0.2) is 0 Å². The number of carbonyl (C=O) groups is 2. The van der Waals surface area contributed by atoms with Gasteiger partial charge in [-0.05, 0) is 24.3 Å². The SMILES string of the molecule is CNC(=O)C1CN(C(=O)c2ccn(C)n2)CCN1c1ccc(C#N)c(C(F)(F)F)c1. The van der Waals surface area contributed by atoms with E-state index < -0.39 is 29.3 Å². The topological polar surface area (TPSA) is 94.3 Å². The van der Waals surface area contributed by atoms with Crippen molar-refractivity contribution in [3.8, 4) is 6.07 Å². The summed E-state index contributed by atoms with van der Waals surface area (Å²) in [4.78, 5) is 28.1. The van der Waals surface area contributed by atoms with Gasteiger partial charge in [-0.15, -0.1) is 0 Å². The molecule has 0 bridgehead atoms. The van der Waals surface area contributed by atoms with Crippen molar-refractivity contribution in [3.63, 3.8) is 0 Å². The summed E-state index contributed by atoms with van der Waals surface area (Å²) in [5.41, 5.74) is -1.18. The Morgan fingerprint density at radius 2 is 2.00 bits per heavy atom. The van der Waals surface area contributed by atoms with Crippen molar-refractivity contribution < 1.29 is 22.8 Å². The summed E-state index contributed by atoms with van der Waals surface area (Å²) in [7, 11) is 3.09. The third kappa shape index (κ3) is 4.07. The quantitative estimate of drug-likeness (QED) is 0.810. The maximum absolute atomic E-state index is 13.4. The summed E-state index contributed by atoms with van der Waals surface area (Å²) in [5.74, 6) is -0.800. The second-order valence-electron chi connectivity index (χ2n) is 6.79. The molecule has 0 aliphatic carbocycles. The van der Waals surface area contributed by atoms with Crippen LogP contribution >= 0.6 is 0 Å². The third-order valence-corrected chi connectivity index (χ3v) is 4.91. The number of aromatic nitrogens is 2. The summed E-state index contributed by atoms with van der Waals surface area (Å²) in [6.45, 7) is 0.320. The van der Waals surface area contributed by atoms with Gasteiger partial charge in [0.2, 0.25) is 5.91 Å². The molecular formula is C19H19F3N6O2. The number of amides is 2. The molecule has 1 unspecified atom stereocenters. The molecule has 2 aromatic rings. The van der Waals surface area contributed by atoms with Gasteiger partial charge in [0.05, 0.1) is 23.7 Å². The van der Waals surface area contributed by atoms with Crippen molar-refractivity contribution in [1.29, 1.82) is 5.26 Å². The van der Waals surface area contributed by atoms with E-state index in [-0.39, 0.29) is 36.9 Å². The fourth-order valence-electron chi connectivity index (χ4n) is 3.40. The van der Waals surface area contributed by atoms with Gasteiger partial charge in [-0.2, -0.15) is 23.5 Å². The second kappa shape index (κ2) is 8.06. The number of nitriles is 1. The number of anilines is 1. The van der Waals surface area contributed by atoms with E-state index in [1.807, 2.05) is 0 Å². The highest BCUT2D eigenvalue weighted by Gasteiger charge is 2.38.